The second-order valence-electron chi connectivity index (χ2n) is 4.68. The molecule has 1 fully saturated rings. The van der Waals surface area contributed by atoms with Crippen LogP contribution in [0.15, 0.2) is 15.9 Å². The highest BCUT2D eigenvalue weighted by Gasteiger charge is 2.12. The number of nitrogens with one attached hydrogen (secondary N) is 1. The molecule has 2 rings (SSSR count). The van der Waals surface area contributed by atoms with E-state index in [0.29, 0.717) is 0 Å². The van der Waals surface area contributed by atoms with Crippen LogP contribution in [-0.2, 0) is 6.54 Å². The van der Waals surface area contributed by atoms with Gasteiger partial charge >= 0.3 is 0 Å². The highest BCUT2D eigenvalue weighted by Crippen LogP contribution is 2.26. The van der Waals surface area contributed by atoms with Gasteiger partial charge in [0.1, 0.15) is 0 Å². The first kappa shape index (κ1) is 12.6. The summed E-state index contributed by atoms with van der Waals surface area (Å²) < 4.78 is 1.23. The zero-order valence-corrected chi connectivity index (χ0v) is 12.1. The second-order valence-corrected chi connectivity index (χ2v) is 7.22. The van der Waals surface area contributed by atoms with E-state index in [0.717, 1.165) is 12.5 Å². The summed E-state index contributed by atoms with van der Waals surface area (Å²) in [6.45, 7) is 2.21. The maximum atomic E-state index is 3.55. The second kappa shape index (κ2) is 6.77. The van der Waals surface area contributed by atoms with Gasteiger partial charge in [0.2, 0.25) is 0 Å². The Morgan fingerprint density at radius 3 is 2.75 bits per heavy atom. The minimum atomic E-state index is 0.997. The molecule has 90 valence electrons. The third kappa shape index (κ3) is 4.19. The van der Waals surface area contributed by atoms with Crippen LogP contribution in [0.1, 0.15) is 43.4 Å². The molecule has 1 aliphatic carbocycles. The maximum Gasteiger partial charge on any atom is 0.0701 e. The lowest BCUT2D eigenvalue weighted by Crippen LogP contribution is -2.18. The Balaban J connectivity index is 1.57. The van der Waals surface area contributed by atoms with Gasteiger partial charge in [-0.15, -0.1) is 11.3 Å². The summed E-state index contributed by atoms with van der Waals surface area (Å²) in [5.74, 6) is 0.997. The van der Waals surface area contributed by atoms with Crippen LogP contribution in [0, 0.1) is 5.92 Å². The molecule has 0 aliphatic heterocycles. The van der Waals surface area contributed by atoms with E-state index in [9.17, 15) is 0 Å². The first-order valence-electron chi connectivity index (χ1n) is 6.29. The van der Waals surface area contributed by atoms with Crippen molar-refractivity contribution in [1.29, 1.82) is 0 Å². The Hall–Kier alpha value is 0.140. The number of halogens is 1. The zero-order valence-electron chi connectivity index (χ0n) is 9.68. The monoisotopic (exact) mass is 301 g/mol. The van der Waals surface area contributed by atoms with E-state index >= 15 is 0 Å². The molecule has 1 aromatic heterocycles. The highest BCUT2D eigenvalue weighted by molar-refractivity contribution is 9.11. The van der Waals surface area contributed by atoms with Gasteiger partial charge in [-0.1, -0.05) is 32.1 Å². The molecule has 0 amide bonds. The molecular formula is C13H20BrNS. The van der Waals surface area contributed by atoms with Crippen LogP contribution in [0.5, 0.6) is 0 Å². The average Bonchev–Trinajstić information content (AvgIpc) is 2.72. The molecule has 0 aromatic carbocycles. The summed E-state index contributed by atoms with van der Waals surface area (Å²) in [6.07, 6.45) is 8.68. The van der Waals surface area contributed by atoms with Crippen LogP contribution in [0.3, 0.4) is 0 Å². The lowest BCUT2D eigenvalue weighted by Gasteiger charge is -2.21. The predicted octanol–water partition coefficient (Wildman–Crippen LogP) is 4.57. The van der Waals surface area contributed by atoms with Gasteiger partial charge in [0, 0.05) is 11.4 Å². The van der Waals surface area contributed by atoms with Crippen LogP contribution in [0.2, 0.25) is 0 Å². The molecule has 0 saturated heterocycles. The largest absolute Gasteiger partial charge is 0.312 e. The summed E-state index contributed by atoms with van der Waals surface area (Å²) in [4.78, 5) is 1.43. The lowest BCUT2D eigenvalue weighted by molar-refractivity contribution is 0.334. The Morgan fingerprint density at radius 1 is 1.25 bits per heavy atom. The van der Waals surface area contributed by atoms with Crippen molar-refractivity contribution in [2.45, 2.75) is 45.1 Å². The van der Waals surface area contributed by atoms with Crippen molar-refractivity contribution in [3.8, 4) is 0 Å². The van der Waals surface area contributed by atoms with Gasteiger partial charge in [-0.05, 0) is 46.9 Å². The fourth-order valence-electron chi connectivity index (χ4n) is 2.44. The Kier molecular flexibility index (Phi) is 5.33. The van der Waals surface area contributed by atoms with Crippen molar-refractivity contribution in [3.63, 3.8) is 0 Å². The maximum absolute atomic E-state index is 3.55. The molecule has 0 radical (unpaired) electrons. The van der Waals surface area contributed by atoms with Crippen molar-refractivity contribution >= 4 is 27.3 Å². The van der Waals surface area contributed by atoms with Crippen molar-refractivity contribution in [2.24, 2.45) is 5.92 Å². The molecular weight excluding hydrogens is 282 g/mol. The predicted molar refractivity (Wildman–Crippen MR) is 74.9 cm³/mol. The molecule has 1 aromatic rings. The smallest absolute Gasteiger partial charge is 0.0701 e. The van der Waals surface area contributed by atoms with Crippen molar-refractivity contribution < 1.29 is 0 Å². The molecule has 1 heterocycles. The Labute approximate surface area is 111 Å². The lowest BCUT2D eigenvalue weighted by atomic mass is 9.87. The van der Waals surface area contributed by atoms with Crippen LogP contribution in [0.4, 0.5) is 0 Å². The number of hydrogen-bond acceptors (Lipinski definition) is 2. The molecule has 3 heteroatoms. The number of thiophene rings is 1. The van der Waals surface area contributed by atoms with Gasteiger partial charge in [0.25, 0.3) is 0 Å². The van der Waals surface area contributed by atoms with E-state index in [1.807, 2.05) is 11.3 Å². The molecule has 0 bridgehead atoms. The Morgan fingerprint density at radius 2 is 2.06 bits per heavy atom. The van der Waals surface area contributed by atoms with Gasteiger partial charge in [-0.25, -0.2) is 0 Å². The van der Waals surface area contributed by atoms with Gasteiger partial charge in [0.15, 0.2) is 0 Å². The van der Waals surface area contributed by atoms with Crippen LogP contribution in [-0.4, -0.2) is 6.54 Å². The summed E-state index contributed by atoms with van der Waals surface area (Å²) in [7, 11) is 0. The van der Waals surface area contributed by atoms with E-state index in [4.69, 9.17) is 0 Å². The topological polar surface area (TPSA) is 12.0 Å². The van der Waals surface area contributed by atoms with Crippen molar-refractivity contribution in [3.05, 3.63) is 20.8 Å². The quantitative estimate of drug-likeness (QED) is 0.786. The first-order valence-corrected chi connectivity index (χ1v) is 7.90. The fourth-order valence-corrected chi connectivity index (χ4v) is 3.89. The first-order chi connectivity index (χ1) is 7.84. The third-order valence-electron chi connectivity index (χ3n) is 3.38. The molecule has 0 unspecified atom stereocenters. The molecule has 16 heavy (non-hydrogen) atoms. The molecule has 0 spiro atoms. The average molecular weight is 302 g/mol. The molecule has 1 nitrogen and oxygen atoms in total. The Bertz CT molecular complexity index is 305. The van der Waals surface area contributed by atoms with E-state index in [2.05, 4.69) is 33.4 Å². The number of hydrogen-bond donors (Lipinski definition) is 1. The number of rotatable bonds is 5. The minimum absolute atomic E-state index is 0.997. The molecule has 1 N–H and O–H groups in total. The van der Waals surface area contributed by atoms with Crippen LogP contribution in [0.25, 0.3) is 0 Å². The van der Waals surface area contributed by atoms with Gasteiger partial charge in [-0.2, -0.15) is 0 Å². The van der Waals surface area contributed by atoms with Crippen molar-refractivity contribution in [2.75, 3.05) is 6.54 Å². The molecule has 1 saturated carbocycles. The molecule has 1 aliphatic rings. The van der Waals surface area contributed by atoms with Gasteiger partial charge < -0.3 is 5.32 Å². The highest BCUT2D eigenvalue weighted by atomic mass is 79.9. The van der Waals surface area contributed by atoms with E-state index in [1.165, 1.54) is 53.7 Å². The molecule has 0 atom stereocenters. The standard InChI is InChI=1S/C13H20BrNS/c14-13-7-6-12(16-13)10-15-9-8-11-4-2-1-3-5-11/h6-7,11,15H,1-5,8-10H2. The van der Waals surface area contributed by atoms with Gasteiger partial charge in [-0.3, -0.25) is 0 Å². The summed E-state index contributed by atoms with van der Waals surface area (Å²) in [5.41, 5.74) is 0. The van der Waals surface area contributed by atoms with E-state index in [1.54, 1.807) is 0 Å². The van der Waals surface area contributed by atoms with Crippen LogP contribution >= 0.6 is 27.3 Å². The fraction of sp³-hybridized carbons (Fsp3) is 0.692. The summed E-state index contributed by atoms with van der Waals surface area (Å²) in [6, 6.07) is 4.32. The van der Waals surface area contributed by atoms with Gasteiger partial charge in [0.05, 0.1) is 3.79 Å². The third-order valence-corrected chi connectivity index (χ3v) is 5.01. The summed E-state index contributed by atoms with van der Waals surface area (Å²) >= 11 is 5.32. The van der Waals surface area contributed by atoms with E-state index < -0.39 is 0 Å². The minimum Gasteiger partial charge on any atom is -0.312 e. The SMILES string of the molecule is Brc1ccc(CNCCC2CCCCC2)s1. The zero-order chi connectivity index (χ0) is 11.2. The van der Waals surface area contributed by atoms with Crippen LogP contribution < -0.4 is 5.32 Å². The van der Waals surface area contributed by atoms with Crippen molar-refractivity contribution in [1.82, 2.24) is 5.32 Å². The normalized spacial score (nSPS) is 17.8. The summed E-state index contributed by atoms with van der Waals surface area (Å²) in [5, 5.41) is 3.55. The van der Waals surface area contributed by atoms with E-state index in [-0.39, 0.29) is 0 Å².